The molecule has 68 heavy (non-hydrogen) atoms. The second-order valence-corrected chi connectivity index (χ2v) is 17.9. The minimum Gasteiger partial charge on any atom is -0.208 e. The monoisotopic (exact) mass is 861 g/mol. The fraction of sp³-hybridized carbons (Fsp3) is 0. The molecule has 0 unspecified atom stereocenters. The summed E-state index contributed by atoms with van der Waals surface area (Å²) in [6, 6.07) is 85.5. The van der Waals surface area contributed by atoms with Gasteiger partial charge in [-0.05, 0) is 141 Å². The van der Waals surface area contributed by atoms with E-state index in [1.54, 1.807) is 0 Å². The normalized spacial score (nSPS) is 11.8. The molecule has 3 heteroatoms. The lowest BCUT2D eigenvalue weighted by Crippen LogP contribution is -2.00. The zero-order chi connectivity index (χ0) is 44.7. The first kappa shape index (κ1) is 38.2. The molecule has 1 heterocycles. The van der Waals surface area contributed by atoms with E-state index in [1.807, 2.05) is 24.3 Å². The third-order valence-electron chi connectivity index (χ3n) is 14.0. The molecule has 3 nitrogen and oxygen atoms in total. The van der Waals surface area contributed by atoms with Crippen molar-refractivity contribution in [2.75, 3.05) is 0 Å². The van der Waals surface area contributed by atoms with E-state index in [9.17, 15) is 0 Å². The largest absolute Gasteiger partial charge is 0.208 e. The van der Waals surface area contributed by atoms with Gasteiger partial charge in [-0.2, -0.15) is 0 Å². The van der Waals surface area contributed by atoms with Gasteiger partial charge < -0.3 is 0 Å². The van der Waals surface area contributed by atoms with Crippen molar-refractivity contribution in [3.63, 3.8) is 0 Å². The molecule has 0 radical (unpaired) electrons. The standard InChI is InChI=1S/C65H39N3/c1-3-11-40(12-4-1)41-23-27-46(28-24-41)64-66-63(45-13-5-2-6-14-45)67-65(68-64)47-29-25-42(26-30-47)50-35-51(48-31-33-53-55-19-7-15-43-17-9-21-57(61(43)55)59(53)38-48)37-52(36-50)49-32-34-54-56-20-8-16-44-18-10-22-58(62(44)56)60(54)39-49/h1-39H. The zero-order valence-electron chi connectivity index (χ0n) is 36.9. The maximum absolute atomic E-state index is 5.10. The highest BCUT2D eigenvalue weighted by Gasteiger charge is 2.24. The van der Waals surface area contributed by atoms with Crippen molar-refractivity contribution < 1.29 is 0 Å². The van der Waals surface area contributed by atoms with Crippen LogP contribution in [0, 0.1) is 0 Å². The highest BCUT2D eigenvalue weighted by Crippen LogP contribution is 2.50. The number of fused-ring (bicyclic) bond motifs is 6. The topological polar surface area (TPSA) is 38.7 Å². The molecule has 2 aliphatic rings. The number of hydrogen-bond acceptors (Lipinski definition) is 3. The Labute approximate surface area is 394 Å². The van der Waals surface area contributed by atoms with Gasteiger partial charge in [0.05, 0.1) is 0 Å². The minimum atomic E-state index is 0.630. The van der Waals surface area contributed by atoms with Crippen molar-refractivity contribution in [2.45, 2.75) is 0 Å². The molecule has 0 atom stereocenters. The Hall–Kier alpha value is -9.05. The summed E-state index contributed by atoms with van der Waals surface area (Å²) >= 11 is 0. The van der Waals surface area contributed by atoms with Gasteiger partial charge in [0.15, 0.2) is 17.5 Å². The van der Waals surface area contributed by atoms with Gasteiger partial charge in [-0.25, -0.2) is 15.0 Å². The summed E-state index contributed by atoms with van der Waals surface area (Å²) in [5, 5.41) is 5.24. The lowest BCUT2D eigenvalue weighted by atomic mass is 9.90. The van der Waals surface area contributed by atoms with Crippen molar-refractivity contribution >= 4 is 21.5 Å². The number of aromatic nitrogens is 3. The van der Waals surface area contributed by atoms with Crippen LogP contribution in [0.25, 0.3) is 145 Å². The first-order chi connectivity index (χ1) is 33.7. The predicted molar refractivity (Wildman–Crippen MR) is 282 cm³/mol. The van der Waals surface area contributed by atoms with Gasteiger partial charge in [0.1, 0.15) is 0 Å². The van der Waals surface area contributed by atoms with Gasteiger partial charge in [-0.3, -0.25) is 0 Å². The van der Waals surface area contributed by atoms with Crippen LogP contribution in [0.15, 0.2) is 237 Å². The SMILES string of the molecule is c1ccc(-c2ccc(-c3nc(-c4ccccc4)nc(-c4ccc(-c5cc(-c6ccc7c(c6)-c6cccc8cccc-7c68)cc(-c6ccc7c(c6)-c6cccc8cccc-7c68)c5)cc4)n3)cc2)cc1. The number of benzene rings is 11. The summed E-state index contributed by atoms with van der Waals surface area (Å²) in [6.45, 7) is 0. The van der Waals surface area contributed by atoms with Crippen molar-refractivity contribution in [3.05, 3.63) is 237 Å². The Bertz CT molecular complexity index is 3820. The van der Waals surface area contributed by atoms with Crippen LogP contribution >= 0.6 is 0 Å². The van der Waals surface area contributed by atoms with E-state index in [-0.39, 0.29) is 0 Å². The molecule has 2 aliphatic carbocycles. The van der Waals surface area contributed by atoms with E-state index < -0.39 is 0 Å². The Morgan fingerprint density at radius 3 is 0.912 bits per heavy atom. The zero-order valence-corrected chi connectivity index (χ0v) is 36.9. The van der Waals surface area contributed by atoms with Crippen LogP contribution in [0.3, 0.4) is 0 Å². The maximum Gasteiger partial charge on any atom is 0.164 e. The van der Waals surface area contributed by atoms with Gasteiger partial charge in [-0.15, -0.1) is 0 Å². The Morgan fingerprint density at radius 2 is 0.485 bits per heavy atom. The van der Waals surface area contributed by atoms with Crippen molar-refractivity contribution in [1.82, 2.24) is 15.0 Å². The summed E-state index contributed by atoms with van der Waals surface area (Å²) in [6.07, 6.45) is 0. The molecular weight excluding hydrogens is 823 g/mol. The molecule has 0 saturated heterocycles. The first-order valence-electron chi connectivity index (χ1n) is 23.2. The van der Waals surface area contributed by atoms with E-state index >= 15 is 0 Å². The fourth-order valence-corrected chi connectivity index (χ4v) is 10.7. The van der Waals surface area contributed by atoms with Gasteiger partial charge in [0.25, 0.3) is 0 Å². The second-order valence-electron chi connectivity index (χ2n) is 17.9. The van der Waals surface area contributed by atoms with Crippen LogP contribution in [0.5, 0.6) is 0 Å². The predicted octanol–water partition coefficient (Wildman–Crippen LogP) is 17.1. The smallest absolute Gasteiger partial charge is 0.164 e. The van der Waals surface area contributed by atoms with Crippen LogP contribution in [0.1, 0.15) is 0 Å². The summed E-state index contributed by atoms with van der Waals surface area (Å²) in [4.78, 5) is 15.2. The van der Waals surface area contributed by atoms with Crippen LogP contribution in [-0.2, 0) is 0 Å². The third-order valence-corrected chi connectivity index (χ3v) is 14.0. The van der Waals surface area contributed by atoms with Crippen molar-refractivity contribution in [3.8, 4) is 123 Å². The van der Waals surface area contributed by atoms with Gasteiger partial charge >= 0.3 is 0 Å². The van der Waals surface area contributed by atoms with Crippen LogP contribution in [-0.4, -0.2) is 15.0 Å². The van der Waals surface area contributed by atoms with Crippen LogP contribution in [0.2, 0.25) is 0 Å². The quantitative estimate of drug-likeness (QED) is 0.160. The molecule has 314 valence electrons. The maximum atomic E-state index is 5.10. The second kappa shape index (κ2) is 15.3. The third kappa shape index (κ3) is 6.25. The van der Waals surface area contributed by atoms with E-state index in [2.05, 4.69) is 212 Å². The number of rotatable bonds is 7. The first-order valence-corrected chi connectivity index (χ1v) is 23.2. The van der Waals surface area contributed by atoms with E-state index in [0.29, 0.717) is 17.5 Å². The van der Waals surface area contributed by atoms with Crippen LogP contribution < -0.4 is 0 Å². The Morgan fingerprint density at radius 1 is 0.176 bits per heavy atom. The molecule has 11 aromatic carbocycles. The van der Waals surface area contributed by atoms with Gasteiger partial charge in [0.2, 0.25) is 0 Å². The molecule has 12 aromatic rings. The molecule has 0 N–H and O–H groups in total. The summed E-state index contributed by atoms with van der Waals surface area (Å²) in [5.74, 6) is 1.91. The molecule has 0 fully saturated rings. The molecule has 1 aromatic heterocycles. The van der Waals surface area contributed by atoms with E-state index in [4.69, 9.17) is 15.0 Å². The summed E-state index contributed by atoms with van der Waals surface area (Å²) in [7, 11) is 0. The van der Waals surface area contributed by atoms with Crippen molar-refractivity contribution in [2.24, 2.45) is 0 Å². The number of hydrogen-bond donors (Lipinski definition) is 0. The fourth-order valence-electron chi connectivity index (χ4n) is 10.7. The average molecular weight is 862 g/mol. The number of nitrogens with zero attached hydrogens (tertiary/aromatic N) is 3. The molecule has 0 aliphatic heterocycles. The van der Waals surface area contributed by atoms with E-state index in [0.717, 1.165) is 33.4 Å². The van der Waals surface area contributed by atoms with Gasteiger partial charge in [-0.1, -0.05) is 206 Å². The lowest BCUT2D eigenvalue weighted by Gasteiger charge is -2.14. The summed E-state index contributed by atoms with van der Waals surface area (Å²) < 4.78 is 0. The minimum absolute atomic E-state index is 0.630. The Balaban J connectivity index is 0.883. The van der Waals surface area contributed by atoms with Gasteiger partial charge in [0, 0.05) is 16.7 Å². The molecule has 14 rings (SSSR count). The van der Waals surface area contributed by atoms with Crippen molar-refractivity contribution in [1.29, 1.82) is 0 Å². The molecule has 0 bridgehead atoms. The highest BCUT2D eigenvalue weighted by atomic mass is 15.0. The lowest BCUT2D eigenvalue weighted by molar-refractivity contribution is 1.07. The highest BCUT2D eigenvalue weighted by molar-refractivity contribution is 6.17. The van der Waals surface area contributed by atoms with E-state index in [1.165, 1.54) is 93.9 Å². The average Bonchev–Trinajstić information content (AvgIpc) is 3.92. The summed E-state index contributed by atoms with van der Waals surface area (Å²) in [5.41, 5.74) is 22.5. The molecule has 0 saturated carbocycles. The Kier molecular flexibility index (Phi) is 8.59. The van der Waals surface area contributed by atoms with Crippen LogP contribution in [0.4, 0.5) is 0 Å². The molecule has 0 amide bonds. The molecule has 0 spiro atoms. The molecular formula is C65H39N3.